The van der Waals surface area contributed by atoms with Crippen LogP contribution < -0.4 is 9.46 Å². The third-order valence-corrected chi connectivity index (χ3v) is 14.9. The fourth-order valence-electron chi connectivity index (χ4n) is 9.78. The van der Waals surface area contributed by atoms with E-state index in [2.05, 4.69) is 38.3 Å². The first-order valence-electron chi connectivity index (χ1n) is 18.8. The van der Waals surface area contributed by atoms with Crippen LogP contribution in [0.1, 0.15) is 104 Å². The Morgan fingerprint density at radius 3 is 2.36 bits per heavy atom. The fourth-order valence-corrected chi connectivity index (χ4v) is 11.5. The molecule has 9 rings (SSSR count). The number of sulfonamides is 1. The van der Waals surface area contributed by atoms with Gasteiger partial charge in [0.2, 0.25) is 10.0 Å². The van der Waals surface area contributed by atoms with Crippen molar-refractivity contribution in [2.75, 3.05) is 27.2 Å². The van der Waals surface area contributed by atoms with Crippen LogP contribution in [-0.2, 0) is 21.4 Å². The second-order valence-electron chi connectivity index (χ2n) is 16.1. The normalized spacial score (nSPS) is 24.7. The summed E-state index contributed by atoms with van der Waals surface area (Å²) in [7, 11) is 0.00395. The van der Waals surface area contributed by atoms with E-state index in [-0.39, 0.29) is 18.0 Å². The van der Waals surface area contributed by atoms with E-state index in [4.69, 9.17) is 4.74 Å². The molecule has 9 nitrogen and oxygen atoms in total. The zero-order valence-corrected chi connectivity index (χ0v) is 30.1. The van der Waals surface area contributed by atoms with Crippen LogP contribution in [0.25, 0.3) is 28.2 Å². The summed E-state index contributed by atoms with van der Waals surface area (Å²) in [4.78, 5) is 32.9. The van der Waals surface area contributed by atoms with Gasteiger partial charge in [0.1, 0.15) is 5.75 Å². The second kappa shape index (κ2) is 12.0. The minimum Gasteiger partial charge on any atom is -0.497 e. The maximum absolute atomic E-state index is 14.7. The number of hydrogen-bond acceptors (Lipinski definition) is 6. The molecule has 2 unspecified atom stereocenters. The Labute approximate surface area is 295 Å². The Morgan fingerprint density at radius 1 is 0.940 bits per heavy atom. The molecule has 3 aromatic rings. The van der Waals surface area contributed by atoms with Crippen molar-refractivity contribution in [2.45, 2.75) is 106 Å². The number of nitrogens with one attached hydrogen (secondary N) is 1. The topological polar surface area (TPSA) is 101 Å². The number of aromatic nitrogens is 1. The molecule has 4 heterocycles. The molecule has 6 aliphatic rings. The van der Waals surface area contributed by atoms with E-state index in [1.54, 1.807) is 13.2 Å². The molecule has 1 aromatic heterocycles. The van der Waals surface area contributed by atoms with Crippen molar-refractivity contribution < 1.29 is 22.7 Å². The lowest BCUT2D eigenvalue weighted by Crippen LogP contribution is -2.55. The SMILES string of the molecule is COc1ccc2c(c1)C=C(C(=O)N1C3CCC1CN(C)C3)Cn1c-2c(C2CCCCC2)c2ccc(C(=O)NS(=O)(=O)C3(CC4CC4)CC3)cc21. The van der Waals surface area contributed by atoms with Crippen molar-refractivity contribution in [1.82, 2.24) is 19.1 Å². The Bertz CT molecular complexity index is 2020. The molecular formula is C40H48N4O5S. The first kappa shape index (κ1) is 32.3. The van der Waals surface area contributed by atoms with Crippen LogP contribution in [0.5, 0.6) is 5.75 Å². The number of ether oxygens (including phenoxy) is 1. The van der Waals surface area contributed by atoms with E-state index in [1.165, 1.54) is 24.8 Å². The third kappa shape index (κ3) is 5.40. The van der Waals surface area contributed by atoms with Crippen molar-refractivity contribution >= 4 is 38.8 Å². The van der Waals surface area contributed by atoms with Crippen molar-refractivity contribution in [1.29, 1.82) is 0 Å². The molecule has 264 valence electrons. The largest absolute Gasteiger partial charge is 0.497 e. The molecule has 0 radical (unpaired) electrons. The van der Waals surface area contributed by atoms with Crippen molar-refractivity contribution in [3.8, 4) is 17.0 Å². The molecule has 5 fully saturated rings. The first-order chi connectivity index (χ1) is 24.1. The zero-order chi connectivity index (χ0) is 34.4. The molecule has 2 bridgehead atoms. The van der Waals surface area contributed by atoms with Gasteiger partial charge < -0.3 is 19.1 Å². The van der Waals surface area contributed by atoms with Gasteiger partial charge >= 0.3 is 0 Å². The summed E-state index contributed by atoms with van der Waals surface area (Å²) in [6, 6.07) is 12.2. The third-order valence-electron chi connectivity index (χ3n) is 12.7. The van der Waals surface area contributed by atoms with E-state index in [9.17, 15) is 18.0 Å². The lowest BCUT2D eigenvalue weighted by Gasteiger charge is -2.40. The summed E-state index contributed by atoms with van der Waals surface area (Å²) in [6.45, 7) is 2.13. The number of piperazine rings is 1. The van der Waals surface area contributed by atoms with Crippen molar-refractivity contribution in [2.24, 2.45) is 5.92 Å². The molecule has 3 aliphatic heterocycles. The van der Waals surface area contributed by atoms with E-state index in [0.29, 0.717) is 43.2 Å². The van der Waals surface area contributed by atoms with Crippen LogP contribution in [0.4, 0.5) is 0 Å². The molecule has 10 heteroatoms. The monoisotopic (exact) mass is 696 g/mol. The maximum atomic E-state index is 14.7. The van der Waals surface area contributed by atoms with E-state index < -0.39 is 20.7 Å². The first-order valence-corrected chi connectivity index (χ1v) is 20.3. The molecular weight excluding hydrogens is 649 g/mol. The molecule has 2 amide bonds. The number of benzene rings is 2. The molecule has 2 saturated heterocycles. The number of nitrogens with zero attached hydrogens (tertiary/aromatic N) is 3. The highest BCUT2D eigenvalue weighted by molar-refractivity contribution is 7.91. The summed E-state index contributed by atoms with van der Waals surface area (Å²) in [5.41, 5.74) is 6.30. The highest BCUT2D eigenvalue weighted by Gasteiger charge is 2.57. The van der Waals surface area contributed by atoms with E-state index >= 15 is 0 Å². The fraction of sp³-hybridized carbons (Fsp3) is 0.550. The predicted octanol–water partition coefficient (Wildman–Crippen LogP) is 6.46. The number of hydrogen-bond donors (Lipinski definition) is 1. The molecule has 1 N–H and O–H groups in total. The Hall–Kier alpha value is -3.63. The van der Waals surface area contributed by atoms with Crippen LogP contribution in [0.3, 0.4) is 0 Å². The molecule has 3 saturated carbocycles. The number of likely N-dealkylation sites (tertiary alicyclic amines) is 1. The quantitative estimate of drug-likeness (QED) is 0.290. The highest BCUT2D eigenvalue weighted by Crippen LogP contribution is 2.53. The Kier molecular flexibility index (Phi) is 7.73. The average Bonchev–Trinajstić information content (AvgIpc) is 4.05. The van der Waals surface area contributed by atoms with Crippen LogP contribution in [0.2, 0.25) is 0 Å². The summed E-state index contributed by atoms with van der Waals surface area (Å²) in [6.07, 6.45) is 13.9. The second-order valence-corrected chi connectivity index (χ2v) is 18.2. The summed E-state index contributed by atoms with van der Waals surface area (Å²) in [5, 5.41) is 1.08. The van der Waals surface area contributed by atoms with Gasteiger partial charge in [0.15, 0.2) is 0 Å². The van der Waals surface area contributed by atoms with Gasteiger partial charge in [-0.05, 0) is 111 Å². The summed E-state index contributed by atoms with van der Waals surface area (Å²) < 4.78 is 36.7. The standard InChI is InChI=1S/C40H48N4O5S/c1-42-23-30-11-12-31(24-42)44(30)39(46)29-18-28-19-32(49-2)13-15-33(28)37-36(26-6-4-3-5-7-26)34-14-10-27(20-35(34)43(37)22-29)38(45)41-50(47,48)40(16-17-40)21-25-8-9-25/h10,13-15,18-20,25-26,30-31H,3-9,11-12,16-17,21-24H2,1-2H3,(H,41,45). The maximum Gasteiger partial charge on any atom is 0.264 e. The number of carbonyl (C=O) groups is 2. The summed E-state index contributed by atoms with van der Waals surface area (Å²) in [5.74, 6) is 1.05. The van der Waals surface area contributed by atoms with E-state index in [1.807, 2.05) is 24.3 Å². The average molecular weight is 697 g/mol. The van der Waals surface area contributed by atoms with Gasteiger partial charge in [0.25, 0.3) is 11.8 Å². The molecule has 2 aromatic carbocycles. The Morgan fingerprint density at radius 2 is 1.68 bits per heavy atom. The zero-order valence-electron chi connectivity index (χ0n) is 29.2. The predicted molar refractivity (Wildman–Crippen MR) is 195 cm³/mol. The number of rotatable bonds is 8. The smallest absolute Gasteiger partial charge is 0.264 e. The van der Waals surface area contributed by atoms with Crippen LogP contribution in [-0.4, -0.2) is 78.7 Å². The van der Waals surface area contributed by atoms with Gasteiger partial charge in [-0.2, -0.15) is 0 Å². The minimum absolute atomic E-state index is 0.0821. The highest BCUT2D eigenvalue weighted by atomic mass is 32.2. The Balaban J connectivity index is 1.17. The lowest BCUT2D eigenvalue weighted by molar-refractivity contribution is -0.132. The number of methoxy groups -OCH3 is 1. The summed E-state index contributed by atoms with van der Waals surface area (Å²) >= 11 is 0. The van der Waals surface area contributed by atoms with Gasteiger partial charge in [-0.1, -0.05) is 38.2 Å². The van der Waals surface area contributed by atoms with Gasteiger partial charge in [-0.15, -0.1) is 0 Å². The molecule has 50 heavy (non-hydrogen) atoms. The van der Waals surface area contributed by atoms with Crippen LogP contribution in [0.15, 0.2) is 42.0 Å². The van der Waals surface area contributed by atoms with Gasteiger partial charge in [0, 0.05) is 52.8 Å². The van der Waals surface area contributed by atoms with E-state index in [0.717, 1.165) is 90.7 Å². The van der Waals surface area contributed by atoms with Crippen LogP contribution >= 0.6 is 0 Å². The number of carbonyl (C=O) groups excluding carboxylic acids is 2. The number of likely N-dealkylation sites (N-methyl/N-ethyl adjacent to an activating group) is 1. The van der Waals surface area contributed by atoms with Crippen molar-refractivity contribution in [3.63, 3.8) is 0 Å². The number of fused-ring (bicyclic) bond motifs is 7. The van der Waals surface area contributed by atoms with Gasteiger partial charge in [0.05, 0.1) is 24.1 Å². The van der Waals surface area contributed by atoms with Gasteiger partial charge in [-0.3, -0.25) is 9.59 Å². The van der Waals surface area contributed by atoms with Crippen LogP contribution in [0, 0.1) is 5.92 Å². The minimum atomic E-state index is -3.81. The molecule has 3 aliphatic carbocycles. The molecule has 0 spiro atoms. The van der Waals surface area contributed by atoms with Gasteiger partial charge in [-0.25, -0.2) is 13.1 Å². The number of amides is 2. The molecule has 2 atom stereocenters. The van der Waals surface area contributed by atoms with Crippen molar-refractivity contribution in [3.05, 3.63) is 58.7 Å². The lowest BCUT2D eigenvalue weighted by atomic mass is 9.81.